The van der Waals surface area contributed by atoms with Gasteiger partial charge in [-0.3, -0.25) is 4.79 Å². The SMILES string of the molecule is NC(=O)CO/N=C/Cc1ccccc1OCC(=O)O. The van der Waals surface area contributed by atoms with Gasteiger partial charge in [0.2, 0.25) is 0 Å². The molecule has 19 heavy (non-hydrogen) atoms. The van der Waals surface area contributed by atoms with Gasteiger partial charge in [-0.15, -0.1) is 0 Å². The second-order valence-corrected chi connectivity index (χ2v) is 3.52. The number of primary amides is 1. The first-order valence-corrected chi connectivity index (χ1v) is 5.44. The number of nitrogens with zero attached hydrogens (tertiary/aromatic N) is 1. The third-order valence-corrected chi connectivity index (χ3v) is 1.99. The van der Waals surface area contributed by atoms with E-state index >= 15 is 0 Å². The quantitative estimate of drug-likeness (QED) is 0.515. The number of ether oxygens (including phenoxy) is 1. The standard InChI is InChI=1S/C12H14N2O5/c13-11(15)7-19-14-6-5-9-3-1-2-4-10(9)18-8-12(16)17/h1-4,6H,5,7-8H2,(H2,13,15)(H,16,17)/b14-6+. The highest BCUT2D eigenvalue weighted by molar-refractivity contribution is 5.75. The molecule has 0 radical (unpaired) electrons. The smallest absolute Gasteiger partial charge is 0.341 e. The average molecular weight is 266 g/mol. The van der Waals surface area contributed by atoms with Crippen LogP contribution in [0.25, 0.3) is 0 Å². The zero-order valence-corrected chi connectivity index (χ0v) is 10.1. The summed E-state index contributed by atoms with van der Waals surface area (Å²) in [6.07, 6.45) is 1.82. The molecule has 0 aromatic heterocycles. The van der Waals surface area contributed by atoms with Crippen molar-refractivity contribution in [3.63, 3.8) is 0 Å². The van der Waals surface area contributed by atoms with E-state index in [0.29, 0.717) is 12.2 Å². The fraction of sp³-hybridized carbons (Fsp3) is 0.250. The Balaban J connectivity index is 2.52. The van der Waals surface area contributed by atoms with Crippen molar-refractivity contribution in [2.45, 2.75) is 6.42 Å². The maximum Gasteiger partial charge on any atom is 0.341 e. The average Bonchev–Trinajstić information content (AvgIpc) is 2.36. The summed E-state index contributed by atoms with van der Waals surface area (Å²) in [5.41, 5.74) is 5.62. The molecule has 0 fully saturated rings. The van der Waals surface area contributed by atoms with Gasteiger partial charge in [0.25, 0.3) is 5.91 Å². The predicted octanol–water partition coefficient (Wildman–Crippen LogP) is 0.180. The number of hydrogen-bond acceptors (Lipinski definition) is 5. The van der Waals surface area contributed by atoms with E-state index in [1.807, 2.05) is 0 Å². The second-order valence-electron chi connectivity index (χ2n) is 3.52. The summed E-state index contributed by atoms with van der Waals surface area (Å²) in [6.45, 7) is -0.694. The van der Waals surface area contributed by atoms with E-state index in [9.17, 15) is 9.59 Å². The van der Waals surface area contributed by atoms with Crippen LogP contribution in [-0.4, -0.2) is 36.4 Å². The van der Waals surface area contributed by atoms with Gasteiger partial charge in [-0.05, 0) is 11.6 Å². The molecule has 7 nitrogen and oxygen atoms in total. The summed E-state index contributed by atoms with van der Waals surface area (Å²) >= 11 is 0. The molecule has 0 heterocycles. The Bertz CT molecular complexity index is 473. The highest BCUT2D eigenvalue weighted by Gasteiger charge is 2.04. The maximum absolute atomic E-state index is 10.4. The van der Waals surface area contributed by atoms with Gasteiger partial charge in [0.1, 0.15) is 5.75 Å². The lowest BCUT2D eigenvalue weighted by Crippen LogP contribution is -2.16. The normalized spacial score (nSPS) is 10.3. The van der Waals surface area contributed by atoms with Crippen LogP contribution < -0.4 is 10.5 Å². The molecule has 0 bridgehead atoms. The number of oxime groups is 1. The lowest BCUT2D eigenvalue weighted by atomic mass is 10.1. The molecule has 0 aliphatic rings. The Morgan fingerprint density at radius 3 is 2.74 bits per heavy atom. The fourth-order valence-electron chi connectivity index (χ4n) is 1.24. The molecule has 1 rings (SSSR count). The minimum absolute atomic E-state index is 0.284. The van der Waals surface area contributed by atoms with Gasteiger partial charge < -0.3 is 20.4 Å². The third-order valence-electron chi connectivity index (χ3n) is 1.99. The van der Waals surface area contributed by atoms with Crippen LogP contribution in [0.5, 0.6) is 5.75 Å². The third kappa shape index (κ3) is 6.06. The van der Waals surface area contributed by atoms with Crippen molar-refractivity contribution in [2.24, 2.45) is 10.9 Å². The molecule has 1 aromatic rings. The topological polar surface area (TPSA) is 111 Å². The highest BCUT2D eigenvalue weighted by atomic mass is 16.6. The van der Waals surface area contributed by atoms with Crippen molar-refractivity contribution in [1.82, 2.24) is 0 Å². The van der Waals surface area contributed by atoms with Gasteiger partial charge in [0, 0.05) is 12.6 Å². The van der Waals surface area contributed by atoms with Crippen LogP contribution in [0, 0.1) is 0 Å². The number of carboxylic acids is 1. The zero-order valence-electron chi connectivity index (χ0n) is 10.1. The number of hydrogen-bond donors (Lipinski definition) is 2. The number of carbonyl (C=O) groups excluding carboxylic acids is 1. The van der Waals surface area contributed by atoms with Crippen molar-refractivity contribution in [2.75, 3.05) is 13.2 Å². The molecule has 0 saturated carbocycles. The Morgan fingerprint density at radius 1 is 1.32 bits per heavy atom. The molecule has 3 N–H and O–H groups in total. The number of aliphatic carboxylic acids is 1. The number of nitrogens with two attached hydrogens (primary N) is 1. The molecule has 0 saturated heterocycles. The minimum Gasteiger partial charge on any atom is -0.482 e. The van der Waals surface area contributed by atoms with E-state index in [4.69, 9.17) is 15.6 Å². The molecule has 1 aromatic carbocycles. The minimum atomic E-state index is -1.05. The largest absolute Gasteiger partial charge is 0.482 e. The van der Waals surface area contributed by atoms with Crippen molar-refractivity contribution >= 4 is 18.1 Å². The summed E-state index contributed by atoms with van der Waals surface area (Å²) in [6, 6.07) is 6.97. The summed E-state index contributed by atoms with van der Waals surface area (Å²) in [4.78, 5) is 25.4. The van der Waals surface area contributed by atoms with E-state index in [2.05, 4.69) is 9.99 Å². The summed E-state index contributed by atoms with van der Waals surface area (Å²) in [7, 11) is 0. The first kappa shape index (κ1) is 14.5. The van der Waals surface area contributed by atoms with Crippen LogP contribution in [-0.2, 0) is 20.8 Å². The van der Waals surface area contributed by atoms with Gasteiger partial charge in [-0.2, -0.15) is 0 Å². The van der Waals surface area contributed by atoms with E-state index in [1.165, 1.54) is 6.21 Å². The molecule has 7 heteroatoms. The first-order chi connectivity index (χ1) is 9.09. The Hall–Kier alpha value is -2.57. The lowest BCUT2D eigenvalue weighted by Gasteiger charge is -2.07. The maximum atomic E-state index is 10.4. The monoisotopic (exact) mass is 266 g/mol. The predicted molar refractivity (Wildman–Crippen MR) is 66.9 cm³/mol. The molecule has 0 spiro atoms. The number of benzene rings is 1. The Kier molecular flexibility index (Phi) is 5.87. The van der Waals surface area contributed by atoms with Crippen molar-refractivity contribution < 1.29 is 24.3 Å². The van der Waals surface area contributed by atoms with Gasteiger partial charge in [0.05, 0.1) is 0 Å². The van der Waals surface area contributed by atoms with Gasteiger partial charge in [0.15, 0.2) is 13.2 Å². The summed E-state index contributed by atoms with van der Waals surface area (Å²) in [5.74, 6) is -1.19. The van der Waals surface area contributed by atoms with Crippen LogP contribution in [0.4, 0.5) is 0 Å². The van der Waals surface area contributed by atoms with E-state index in [-0.39, 0.29) is 6.61 Å². The van der Waals surface area contributed by atoms with Gasteiger partial charge >= 0.3 is 5.97 Å². The summed E-state index contributed by atoms with van der Waals surface area (Å²) < 4.78 is 5.12. The number of carboxylic acid groups (broad SMARTS) is 1. The van der Waals surface area contributed by atoms with Crippen molar-refractivity contribution in [3.8, 4) is 5.75 Å². The van der Waals surface area contributed by atoms with Crippen LogP contribution >= 0.6 is 0 Å². The highest BCUT2D eigenvalue weighted by Crippen LogP contribution is 2.17. The molecule has 0 atom stereocenters. The van der Waals surface area contributed by atoms with Crippen LogP contribution in [0.2, 0.25) is 0 Å². The van der Waals surface area contributed by atoms with Crippen molar-refractivity contribution in [1.29, 1.82) is 0 Å². The first-order valence-electron chi connectivity index (χ1n) is 5.44. The van der Waals surface area contributed by atoms with E-state index in [1.54, 1.807) is 24.3 Å². The molecule has 0 aliphatic carbocycles. The molecule has 0 aliphatic heterocycles. The van der Waals surface area contributed by atoms with E-state index in [0.717, 1.165) is 5.56 Å². The second kappa shape index (κ2) is 7.70. The van der Waals surface area contributed by atoms with Crippen molar-refractivity contribution in [3.05, 3.63) is 29.8 Å². The zero-order chi connectivity index (χ0) is 14.1. The van der Waals surface area contributed by atoms with Crippen LogP contribution in [0.15, 0.2) is 29.4 Å². The number of rotatable bonds is 8. The molecular weight excluding hydrogens is 252 g/mol. The fourth-order valence-corrected chi connectivity index (χ4v) is 1.24. The number of para-hydroxylation sites is 1. The number of amides is 1. The van der Waals surface area contributed by atoms with Gasteiger partial charge in [-0.25, -0.2) is 4.79 Å². The molecule has 0 unspecified atom stereocenters. The summed E-state index contributed by atoms with van der Waals surface area (Å²) in [5, 5.41) is 12.1. The van der Waals surface area contributed by atoms with Gasteiger partial charge in [-0.1, -0.05) is 23.4 Å². The Labute approximate surface area is 109 Å². The number of carbonyl (C=O) groups is 2. The lowest BCUT2D eigenvalue weighted by molar-refractivity contribution is -0.139. The molecule has 102 valence electrons. The molecular formula is C12H14N2O5. The van der Waals surface area contributed by atoms with Crippen LogP contribution in [0.3, 0.4) is 0 Å². The van der Waals surface area contributed by atoms with E-state index < -0.39 is 18.5 Å². The van der Waals surface area contributed by atoms with Crippen LogP contribution in [0.1, 0.15) is 5.56 Å². The Morgan fingerprint density at radius 2 is 2.05 bits per heavy atom. The molecule has 1 amide bonds.